The van der Waals surface area contributed by atoms with Crippen molar-refractivity contribution in [2.75, 3.05) is 20.3 Å². The molecule has 2 atom stereocenters. The molecule has 2 aromatic rings. The van der Waals surface area contributed by atoms with Gasteiger partial charge < -0.3 is 14.8 Å². The van der Waals surface area contributed by atoms with Gasteiger partial charge in [0.15, 0.2) is 0 Å². The molecule has 114 valence electrons. The van der Waals surface area contributed by atoms with Gasteiger partial charge in [0.25, 0.3) is 0 Å². The quantitative estimate of drug-likeness (QED) is 0.837. The maximum atomic E-state index is 6.11. The smallest absolute Gasteiger partial charge is 0.132 e. The topological polar surface area (TPSA) is 30.5 Å². The molecule has 0 aliphatic heterocycles. The Kier molecular flexibility index (Phi) is 5.59. The third-order valence-corrected chi connectivity index (χ3v) is 3.75. The molecule has 0 aliphatic carbocycles. The molecule has 0 saturated heterocycles. The van der Waals surface area contributed by atoms with Gasteiger partial charge in [-0.3, -0.25) is 0 Å². The molecule has 2 unspecified atom stereocenters. The molecule has 2 rings (SSSR count). The minimum absolute atomic E-state index is 0.0752. The fraction of sp³-hybridized carbons (Fsp3) is 0.444. The van der Waals surface area contributed by atoms with E-state index in [0.29, 0.717) is 6.61 Å². The zero-order chi connectivity index (χ0) is 15.2. The maximum absolute atomic E-state index is 6.11. The second-order valence-corrected chi connectivity index (χ2v) is 5.34. The molecular weight excluding hydrogens is 262 g/mol. The number of fused-ring (bicyclic) bond motifs is 1. The first-order chi connectivity index (χ1) is 10.2. The summed E-state index contributed by atoms with van der Waals surface area (Å²) in [6.45, 7) is 7.78. The molecule has 1 N–H and O–H groups in total. The third-order valence-electron chi connectivity index (χ3n) is 3.75. The summed E-state index contributed by atoms with van der Waals surface area (Å²) in [6, 6.07) is 12.9. The van der Waals surface area contributed by atoms with Crippen LogP contribution in [0.25, 0.3) is 10.8 Å². The summed E-state index contributed by atoms with van der Waals surface area (Å²) in [4.78, 5) is 0. The lowest BCUT2D eigenvalue weighted by atomic mass is 10.0. The van der Waals surface area contributed by atoms with Gasteiger partial charge in [-0.15, -0.1) is 0 Å². The highest BCUT2D eigenvalue weighted by Crippen LogP contribution is 2.33. The number of hydrogen-bond donors (Lipinski definition) is 1. The molecule has 3 heteroatoms. The van der Waals surface area contributed by atoms with E-state index in [9.17, 15) is 0 Å². The lowest BCUT2D eigenvalue weighted by Crippen LogP contribution is -2.21. The van der Waals surface area contributed by atoms with Crippen molar-refractivity contribution in [1.82, 2.24) is 5.32 Å². The Morgan fingerprint density at radius 1 is 1.10 bits per heavy atom. The number of methoxy groups -OCH3 is 1. The Morgan fingerprint density at radius 2 is 1.86 bits per heavy atom. The number of hydrogen-bond acceptors (Lipinski definition) is 3. The molecule has 21 heavy (non-hydrogen) atoms. The van der Waals surface area contributed by atoms with E-state index in [-0.39, 0.29) is 12.1 Å². The van der Waals surface area contributed by atoms with Crippen molar-refractivity contribution in [3.8, 4) is 5.75 Å². The molecule has 0 saturated carbocycles. The number of ether oxygens (including phenoxy) is 2. The number of nitrogens with one attached hydrogen (secondary N) is 1. The summed E-state index contributed by atoms with van der Waals surface area (Å²) >= 11 is 0. The zero-order valence-corrected chi connectivity index (χ0v) is 13.3. The van der Waals surface area contributed by atoms with Crippen LogP contribution < -0.4 is 10.1 Å². The number of rotatable bonds is 7. The molecule has 0 spiro atoms. The van der Waals surface area contributed by atoms with Gasteiger partial charge in [0.2, 0.25) is 0 Å². The summed E-state index contributed by atoms with van der Waals surface area (Å²) < 4.78 is 11.4. The van der Waals surface area contributed by atoms with Crippen molar-refractivity contribution < 1.29 is 9.47 Å². The van der Waals surface area contributed by atoms with E-state index < -0.39 is 0 Å². The first-order valence-electron chi connectivity index (χ1n) is 7.58. The summed E-state index contributed by atoms with van der Waals surface area (Å²) in [5.74, 6) is 0.963. The Balaban J connectivity index is 2.41. The normalized spacial score (nSPS) is 14.1. The molecule has 0 aliphatic rings. The van der Waals surface area contributed by atoms with E-state index in [1.807, 2.05) is 6.92 Å². The highest BCUT2D eigenvalue weighted by molar-refractivity contribution is 5.89. The van der Waals surface area contributed by atoms with E-state index in [2.05, 4.69) is 55.6 Å². The minimum atomic E-state index is 0.0752. The van der Waals surface area contributed by atoms with E-state index in [1.165, 1.54) is 10.9 Å². The van der Waals surface area contributed by atoms with Gasteiger partial charge in [-0.05, 0) is 25.8 Å². The van der Waals surface area contributed by atoms with E-state index in [1.54, 1.807) is 7.11 Å². The fourth-order valence-electron chi connectivity index (χ4n) is 2.45. The van der Waals surface area contributed by atoms with Crippen LogP contribution in [0, 0.1) is 0 Å². The standard InChI is InChI=1S/C18H25NO2/c1-5-19-14(3)16-11-10-15-8-6-7-9-17(15)18(16)21-12-13(2)20-4/h6-11,13-14,19H,5,12H2,1-4H3. The van der Waals surface area contributed by atoms with Crippen LogP contribution in [-0.2, 0) is 4.74 Å². The van der Waals surface area contributed by atoms with Crippen LogP contribution in [0.5, 0.6) is 5.75 Å². The third kappa shape index (κ3) is 3.74. The maximum Gasteiger partial charge on any atom is 0.132 e. The van der Waals surface area contributed by atoms with Gasteiger partial charge in [-0.2, -0.15) is 0 Å². The van der Waals surface area contributed by atoms with Crippen molar-refractivity contribution in [1.29, 1.82) is 0 Å². The van der Waals surface area contributed by atoms with Crippen LogP contribution in [0.2, 0.25) is 0 Å². The predicted molar refractivity (Wildman–Crippen MR) is 88.0 cm³/mol. The second kappa shape index (κ2) is 7.43. The lowest BCUT2D eigenvalue weighted by Gasteiger charge is -2.21. The van der Waals surface area contributed by atoms with Gasteiger partial charge >= 0.3 is 0 Å². The Bertz CT molecular complexity index is 582. The molecule has 0 heterocycles. The first kappa shape index (κ1) is 15.8. The zero-order valence-electron chi connectivity index (χ0n) is 13.3. The molecule has 2 aromatic carbocycles. The van der Waals surface area contributed by atoms with Crippen molar-refractivity contribution in [3.63, 3.8) is 0 Å². The predicted octanol–water partition coefficient (Wildman–Crippen LogP) is 3.92. The number of benzene rings is 2. The van der Waals surface area contributed by atoms with Crippen LogP contribution in [0.1, 0.15) is 32.4 Å². The van der Waals surface area contributed by atoms with Crippen LogP contribution in [0.15, 0.2) is 36.4 Å². The van der Waals surface area contributed by atoms with Gasteiger partial charge in [0.1, 0.15) is 12.4 Å². The summed E-state index contributed by atoms with van der Waals surface area (Å²) in [7, 11) is 1.71. The van der Waals surface area contributed by atoms with Gasteiger partial charge in [-0.25, -0.2) is 0 Å². The van der Waals surface area contributed by atoms with E-state index >= 15 is 0 Å². The molecular formula is C18H25NO2. The van der Waals surface area contributed by atoms with Gasteiger partial charge in [0.05, 0.1) is 6.10 Å². The van der Waals surface area contributed by atoms with Crippen LogP contribution >= 0.6 is 0 Å². The fourth-order valence-corrected chi connectivity index (χ4v) is 2.45. The van der Waals surface area contributed by atoms with Crippen LogP contribution in [0.3, 0.4) is 0 Å². The summed E-state index contributed by atoms with van der Waals surface area (Å²) in [5, 5.41) is 5.81. The largest absolute Gasteiger partial charge is 0.490 e. The highest BCUT2D eigenvalue weighted by atomic mass is 16.5. The van der Waals surface area contributed by atoms with Crippen LogP contribution in [0.4, 0.5) is 0 Å². The average molecular weight is 287 g/mol. The van der Waals surface area contributed by atoms with E-state index in [0.717, 1.165) is 17.7 Å². The van der Waals surface area contributed by atoms with Crippen molar-refractivity contribution in [3.05, 3.63) is 42.0 Å². The van der Waals surface area contributed by atoms with Gasteiger partial charge in [0, 0.05) is 24.1 Å². The lowest BCUT2D eigenvalue weighted by molar-refractivity contribution is 0.0717. The first-order valence-corrected chi connectivity index (χ1v) is 7.58. The van der Waals surface area contributed by atoms with Crippen molar-refractivity contribution in [2.24, 2.45) is 0 Å². The van der Waals surface area contributed by atoms with Crippen molar-refractivity contribution in [2.45, 2.75) is 32.9 Å². The summed E-state index contributed by atoms with van der Waals surface area (Å²) in [6.07, 6.45) is 0.0752. The highest BCUT2D eigenvalue weighted by Gasteiger charge is 2.15. The van der Waals surface area contributed by atoms with Crippen molar-refractivity contribution >= 4 is 10.8 Å². The van der Waals surface area contributed by atoms with E-state index in [4.69, 9.17) is 9.47 Å². The van der Waals surface area contributed by atoms with Crippen LogP contribution in [-0.4, -0.2) is 26.4 Å². The molecule has 0 aromatic heterocycles. The summed E-state index contributed by atoms with van der Waals surface area (Å²) in [5.41, 5.74) is 1.19. The molecule has 0 amide bonds. The SMILES string of the molecule is CCNC(C)c1ccc2ccccc2c1OCC(C)OC. The molecule has 0 bridgehead atoms. The minimum Gasteiger partial charge on any atom is -0.490 e. The average Bonchev–Trinajstić information content (AvgIpc) is 2.52. The Labute approximate surface area is 127 Å². The molecule has 0 fully saturated rings. The monoisotopic (exact) mass is 287 g/mol. The Morgan fingerprint density at radius 3 is 2.57 bits per heavy atom. The van der Waals surface area contributed by atoms with Gasteiger partial charge in [-0.1, -0.05) is 43.3 Å². The second-order valence-electron chi connectivity index (χ2n) is 5.34. The molecule has 0 radical (unpaired) electrons. The molecule has 3 nitrogen and oxygen atoms in total. The Hall–Kier alpha value is -1.58.